The van der Waals surface area contributed by atoms with Gasteiger partial charge in [-0.25, -0.2) is 4.79 Å². The van der Waals surface area contributed by atoms with Crippen LogP contribution in [0.15, 0.2) is 115 Å². The lowest BCUT2D eigenvalue weighted by molar-refractivity contribution is -0.111. The normalized spacial score (nSPS) is 12.3. The van der Waals surface area contributed by atoms with Gasteiger partial charge in [0.15, 0.2) is 6.10 Å². The fourth-order valence-corrected chi connectivity index (χ4v) is 4.10. The number of carbonyl (C=O) groups excluding carboxylic acids is 2. The van der Waals surface area contributed by atoms with E-state index in [1.165, 1.54) is 18.2 Å². The average molecular weight is 552 g/mol. The SMILES string of the molecule is Cc1ccc(NC(=O)O[C@H](c2ccc(O)cc2)[C@@H](CC/C=C/C(=O)Nc2ccccc2N)Oc2ccccc2)cc1. The van der Waals surface area contributed by atoms with Gasteiger partial charge in [0.25, 0.3) is 0 Å². The van der Waals surface area contributed by atoms with Gasteiger partial charge in [-0.05, 0) is 79.9 Å². The molecule has 0 saturated carbocycles. The summed E-state index contributed by atoms with van der Waals surface area (Å²) in [5, 5.41) is 15.4. The Hall–Kier alpha value is -5.24. The van der Waals surface area contributed by atoms with Gasteiger partial charge in [0, 0.05) is 5.69 Å². The molecule has 0 unspecified atom stereocenters. The monoisotopic (exact) mass is 551 g/mol. The molecule has 0 spiro atoms. The summed E-state index contributed by atoms with van der Waals surface area (Å²) in [6, 6.07) is 30.1. The van der Waals surface area contributed by atoms with Gasteiger partial charge in [-0.1, -0.05) is 66.2 Å². The van der Waals surface area contributed by atoms with E-state index in [1.807, 2.05) is 49.4 Å². The minimum atomic E-state index is -0.826. The number of carbonyl (C=O) groups is 2. The third-order valence-electron chi connectivity index (χ3n) is 6.23. The fourth-order valence-electron chi connectivity index (χ4n) is 4.10. The third kappa shape index (κ3) is 8.90. The van der Waals surface area contributed by atoms with Crippen LogP contribution in [0, 0.1) is 6.92 Å². The molecule has 0 aliphatic heterocycles. The molecule has 2 atom stereocenters. The number of allylic oxidation sites excluding steroid dienone is 1. The van der Waals surface area contributed by atoms with Gasteiger partial charge >= 0.3 is 6.09 Å². The van der Waals surface area contributed by atoms with Crippen molar-refractivity contribution < 1.29 is 24.2 Å². The largest absolute Gasteiger partial charge is 0.508 e. The van der Waals surface area contributed by atoms with E-state index < -0.39 is 18.3 Å². The van der Waals surface area contributed by atoms with Crippen molar-refractivity contribution in [3.05, 3.63) is 126 Å². The van der Waals surface area contributed by atoms with Gasteiger partial charge in [-0.2, -0.15) is 0 Å². The van der Waals surface area contributed by atoms with Crippen LogP contribution >= 0.6 is 0 Å². The van der Waals surface area contributed by atoms with Gasteiger partial charge in [-0.15, -0.1) is 0 Å². The molecule has 0 radical (unpaired) electrons. The first-order chi connectivity index (χ1) is 19.9. The van der Waals surface area contributed by atoms with Crippen molar-refractivity contribution in [3.8, 4) is 11.5 Å². The summed E-state index contributed by atoms with van der Waals surface area (Å²) < 4.78 is 12.3. The first-order valence-corrected chi connectivity index (χ1v) is 13.2. The number of phenolic OH excluding ortho intramolecular Hbond substituents is 1. The first kappa shape index (κ1) is 28.8. The molecule has 4 aromatic rings. The van der Waals surface area contributed by atoms with Crippen molar-refractivity contribution >= 4 is 29.1 Å². The zero-order chi connectivity index (χ0) is 29.0. The number of aromatic hydroxyl groups is 1. The van der Waals surface area contributed by atoms with Crippen LogP contribution in [0.5, 0.6) is 11.5 Å². The summed E-state index contributed by atoms with van der Waals surface area (Å²) in [6.45, 7) is 1.96. The molecule has 8 heteroatoms. The maximum absolute atomic E-state index is 13.0. The fraction of sp³-hybridized carbons (Fsp3) is 0.152. The number of amides is 2. The second-order valence-corrected chi connectivity index (χ2v) is 9.43. The average Bonchev–Trinajstić information content (AvgIpc) is 2.97. The van der Waals surface area contributed by atoms with Crippen molar-refractivity contribution in [2.24, 2.45) is 0 Å². The number of hydrogen-bond acceptors (Lipinski definition) is 6. The number of benzene rings is 4. The lowest BCUT2D eigenvalue weighted by Crippen LogP contribution is -2.31. The molecule has 0 saturated heterocycles. The Morgan fingerprint density at radius 2 is 1.56 bits per heavy atom. The summed E-state index contributed by atoms with van der Waals surface area (Å²) in [6.07, 6.45) is 1.94. The van der Waals surface area contributed by atoms with E-state index >= 15 is 0 Å². The highest BCUT2D eigenvalue weighted by Gasteiger charge is 2.29. The molecule has 8 nitrogen and oxygen atoms in total. The molecule has 0 heterocycles. The minimum absolute atomic E-state index is 0.0881. The number of hydrogen-bond donors (Lipinski definition) is 4. The second kappa shape index (κ2) is 14.2. The molecule has 0 bridgehead atoms. The lowest BCUT2D eigenvalue weighted by Gasteiger charge is -2.28. The van der Waals surface area contributed by atoms with Crippen LogP contribution in [-0.4, -0.2) is 23.2 Å². The van der Waals surface area contributed by atoms with E-state index in [-0.39, 0.29) is 11.7 Å². The van der Waals surface area contributed by atoms with Crippen molar-refractivity contribution in [2.75, 3.05) is 16.4 Å². The molecular formula is C33H33N3O5. The van der Waals surface area contributed by atoms with Crippen LogP contribution in [0.2, 0.25) is 0 Å². The van der Waals surface area contributed by atoms with Crippen molar-refractivity contribution in [3.63, 3.8) is 0 Å². The summed E-state index contributed by atoms with van der Waals surface area (Å²) in [4.78, 5) is 25.5. The molecule has 210 valence electrons. The molecular weight excluding hydrogens is 518 g/mol. The smallest absolute Gasteiger partial charge is 0.412 e. The second-order valence-electron chi connectivity index (χ2n) is 9.43. The van der Waals surface area contributed by atoms with Crippen LogP contribution < -0.4 is 21.1 Å². The van der Waals surface area contributed by atoms with E-state index in [0.29, 0.717) is 41.2 Å². The van der Waals surface area contributed by atoms with Gasteiger partial charge in [0.05, 0.1) is 11.4 Å². The van der Waals surface area contributed by atoms with E-state index in [2.05, 4.69) is 10.6 Å². The predicted molar refractivity (Wildman–Crippen MR) is 161 cm³/mol. The Kier molecular flexibility index (Phi) is 9.98. The number of phenols is 1. The Morgan fingerprint density at radius 1 is 0.878 bits per heavy atom. The number of ether oxygens (including phenoxy) is 2. The molecule has 41 heavy (non-hydrogen) atoms. The van der Waals surface area contributed by atoms with E-state index in [0.717, 1.165) is 5.56 Å². The number of aryl methyl sites for hydroxylation is 1. The Morgan fingerprint density at radius 3 is 2.27 bits per heavy atom. The van der Waals surface area contributed by atoms with Gasteiger partial charge in [0.1, 0.15) is 17.6 Å². The lowest BCUT2D eigenvalue weighted by atomic mass is 10.00. The summed E-state index contributed by atoms with van der Waals surface area (Å²) in [5.41, 5.74) is 9.23. The van der Waals surface area contributed by atoms with Crippen LogP contribution in [0.1, 0.15) is 30.1 Å². The first-order valence-electron chi connectivity index (χ1n) is 13.2. The van der Waals surface area contributed by atoms with E-state index in [1.54, 1.807) is 54.6 Å². The molecule has 5 N–H and O–H groups in total. The van der Waals surface area contributed by atoms with Gasteiger partial charge < -0.3 is 25.6 Å². The number of para-hydroxylation sites is 3. The molecule has 2 amide bonds. The molecule has 4 aromatic carbocycles. The van der Waals surface area contributed by atoms with Crippen LogP contribution in [0.4, 0.5) is 21.9 Å². The maximum Gasteiger partial charge on any atom is 0.412 e. The zero-order valence-corrected chi connectivity index (χ0v) is 22.7. The maximum atomic E-state index is 13.0. The number of nitrogens with two attached hydrogens (primary N) is 1. The molecule has 0 aromatic heterocycles. The van der Waals surface area contributed by atoms with Crippen LogP contribution in [-0.2, 0) is 9.53 Å². The van der Waals surface area contributed by atoms with E-state index in [4.69, 9.17) is 15.2 Å². The minimum Gasteiger partial charge on any atom is -0.508 e. The molecule has 4 rings (SSSR count). The summed E-state index contributed by atoms with van der Waals surface area (Å²) >= 11 is 0. The van der Waals surface area contributed by atoms with Gasteiger partial charge in [0.2, 0.25) is 5.91 Å². The number of rotatable bonds is 11. The molecule has 0 aliphatic rings. The quantitative estimate of drug-likeness (QED) is 0.118. The van der Waals surface area contributed by atoms with Gasteiger partial charge in [-0.3, -0.25) is 10.1 Å². The number of anilines is 3. The summed E-state index contributed by atoms with van der Waals surface area (Å²) in [7, 11) is 0. The zero-order valence-electron chi connectivity index (χ0n) is 22.7. The van der Waals surface area contributed by atoms with Crippen molar-refractivity contribution in [1.82, 2.24) is 0 Å². The highest BCUT2D eigenvalue weighted by Crippen LogP contribution is 2.30. The van der Waals surface area contributed by atoms with Crippen LogP contribution in [0.3, 0.4) is 0 Å². The van der Waals surface area contributed by atoms with Crippen LogP contribution in [0.25, 0.3) is 0 Å². The molecule has 0 aliphatic carbocycles. The summed E-state index contributed by atoms with van der Waals surface area (Å²) in [5.74, 6) is 0.377. The number of nitrogen functional groups attached to an aromatic ring is 1. The highest BCUT2D eigenvalue weighted by atomic mass is 16.6. The Balaban J connectivity index is 1.52. The molecule has 0 fully saturated rings. The highest BCUT2D eigenvalue weighted by molar-refractivity contribution is 6.01. The standard InChI is InChI=1S/C33H33N3O5/c1-23-15-19-25(20-16-23)35-33(39)41-32(24-17-21-26(37)22-18-24)30(40-27-9-3-2-4-10-27)13-7-8-14-31(38)36-29-12-6-5-11-28(29)34/h2-6,8-12,14-22,30,32,37H,7,13,34H2,1H3,(H,35,39)(H,36,38)/b14-8+/t30-,32-/m1/s1. The topological polar surface area (TPSA) is 123 Å². The van der Waals surface area contributed by atoms with Crippen molar-refractivity contribution in [2.45, 2.75) is 32.0 Å². The number of nitrogens with one attached hydrogen (secondary N) is 2. The van der Waals surface area contributed by atoms with E-state index in [9.17, 15) is 14.7 Å². The Labute approximate surface area is 239 Å². The predicted octanol–water partition coefficient (Wildman–Crippen LogP) is 7.00. The third-order valence-corrected chi connectivity index (χ3v) is 6.23. The van der Waals surface area contributed by atoms with Crippen molar-refractivity contribution in [1.29, 1.82) is 0 Å². The Bertz CT molecular complexity index is 1450.